The number of hydrogen-bond acceptors (Lipinski definition) is 4. The topological polar surface area (TPSA) is 70.2 Å². The lowest BCUT2D eigenvalue weighted by atomic mass is 10.1. The highest BCUT2D eigenvalue weighted by Gasteiger charge is 2.32. The van der Waals surface area contributed by atoms with Gasteiger partial charge in [0.15, 0.2) is 0 Å². The first-order valence-corrected chi connectivity index (χ1v) is 5.67. The molecule has 0 aliphatic carbocycles. The van der Waals surface area contributed by atoms with Gasteiger partial charge in [0.05, 0.1) is 4.92 Å². The summed E-state index contributed by atoms with van der Waals surface area (Å²) < 4.78 is 37.6. The minimum Gasteiger partial charge on any atom is -0.360 e. The van der Waals surface area contributed by atoms with Gasteiger partial charge in [-0.05, 0) is 26.0 Å². The Hall–Kier alpha value is -2.30. The molecule has 0 bridgehead atoms. The van der Waals surface area contributed by atoms with Crippen LogP contribution in [0.15, 0.2) is 18.2 Å². The van der Waals surface area contributed by atoms with Gasteiger partial charge < -0.3 is 4.90 Å². The van der Waals surface area contributed by atoms with Gasteiger partial charge in [0, 0.05) is 17.8 Å². The van der Waals surface area contributed by atoms with E-state index in [1.807, 2.05) is 0 Å². The Bertz CT molecular complexity index is 550. The molecule has 0 amide bonds. The lowest BCUT2D eigenvalue weighted by Gasteiger charge is -2.29. The minimum atomic E-state index is -4.40. The maximum absolute atomic E-state index is 12.5. The van der Waals surface area contributed by atoms with Crippen LogP contribution in [0.3, 0.4) is 0 Å². The number of alkyl halides is 3. The molecule has 0 N–H and O–H groups in total. The average molecular weight is 287 g/mol. The molecule has 5 nitrogen and oxygen atoms in total. The van der Waals surface area contributed by atoms with Crippen LogP contribution in [-0.4, -0.2) is 23.7 Å². The third-order valence-corrected chi connectivity index (χ3v) is 2.60. The Morgan fingerprint density at radius 3 is 2.45 bits per heavy atom. The first-order chi connectivity index (χ1) is 9.15. The van der Waals surface area contributed by atoms with Gasteiger partial charge in [-0.25, -0.2) is 0 Å². The fourth-order valence-electron chi connectivity index (χ4n) is 1.72. The van der Waals surface area contributed by atoms with Gasteiger partial charge in [-0.3, -0.25) is 10.1 Å². The second kappa shape index (κ2) is 5.77. The van der Waals surface area contributed by atoms with Crippen molar-refractivity contribution < 1.29 is 18.1 Å². The molecule has 0 atom stereocenters. The quantitative estimate of drug-likeness (QED) is 0.629. The van der Waals surface area contributed by atoms with Crippen molar-refractivity contribution in [3.63, 3.8) is 0 Å². The van der Waals surface area contributed by atoms with Crippen molar-refractivity contribution in [3.05, 3.63) is 33.9 Å². The summed E-state index contributed by atoms with van der Waals surface area (Å²) in [6, 6.07) is 4.51. The molecule has 0 radical (unpaired) electrons. The van der Waals surface area contributed by atoms with E-state index in [-0.39, 0.29) is 11.3 Å². The summed E-state index contributed by atoms with van der Waals surface area (Å²) in [5, 5.41) is 19.5. The molecule has 1 aromatic carbocycles. The van der Waals surface area contributed by atoms with E-state index in [4.69, 9.17) is 5.26 Å². The van der Waals surface area contributed by atoms with Gasteiger partial charge in [-0.1, -0.05) is 0 Å². The van der Waals surface area contributed by atoms with E-state index in [0.29, 0.717) is 0 Å². The summed E-state index contributed by atoms with van der Waals surface area (Å²) in [6.07, 6.45) is -4.40. The van der Waals surface area contributed by atoms with Crippen LogP contribution < -0.4 is 4.90 Å². The number of rotatable bonds is 4. The SMILES string of the molecule is CC(C)N(CC(F)(F)F)c1ccc([N+](=O)[O-])c(C#N)c1. The number of benzene rings is 1. The third kappa shape index (κ3) is 3.85. The molecule has 0 saturated heterocycles. The first-order valence-electron chi connectivity index (χ1n) is 5.67. The molecule has 0 aliphatic rings. The summed E-state index contributed by atoms with van der Waals surface area (Å²) >= 11 is 0. The first kappa shape index (κ1) is 15.8. The zero-order valence-corrected chi connectivity index (χ0v) is 10.8. The number of anilines is 1. The normalized spacial score (nSPS) is 11.2. The largest absolute Gasteiger partial charge is 0.405 e. The van der Waals surface area contributed by atoms with Gasteiger partial charge in [0.2, 0.25) is 0 Å². The smallest absolute Gasteiger partial charge is 0.360 e. The van der Waals surface area contributed by atoms with Crippen LogP contribution in [-0.2, 0) is 0 Å². The Labute approximate surface area is 113 Å². The van der Waals surface area contributed by atoms with Crippen LogP contribution >= 0.6 is 0 Å². The van der Waals surface area contributed by atoms with E-state index in [9.17, 15) is 23.3 Å². The fourth-order valence-corrected chi connectivity index (χ4v) is 1.72. The Morgan fingerprint density at radius 1 is 1.45 bits per heavy atom. The molecule has 108 valence electrons. The van der Waals surface area contributed by atoms with E-state index in [0.717, 1.165) is 17.0 Å². The van der Waals surface area contributed by atoms with Crippen molar-refractivity contribution in [2.24, 2.45) is 0 Å². The molecule has 0 heterocycles. The highest BCUT2D eigenvalue weighted by Crippen LogP contribution is 2.28. The van der Waals surface area contributed by atoms with Crippen LogP contribution in [0, 0.1) is 21.4 Å². The average Bonchev–Trinajstić information content (AvgIpc) is 2.33. The van der Waals surface area contributed by atoms with E-state index in [1.165, 1.54) is 6.07 Å². The molecule has 0 fully saturated rings. The van der Waals surface area contributed by atoms with E-state index >= 15 is 0 Å². The van der Waals surface area contributed by atoms with Crippen LogP contribution in [0.4, 0.5) is 24.5 Å². The zero-order chi connectivity index (χ0) is 15.5. The van der Waals surface area contributed by atoms with E-state index in [2.05, 4.69) is 0 Å². The Balaban J connectivity index is 3.23. The molecule has 20 heavy (non-hydrogen) atoms. The van der Waals surface area contributed by atoms with Crippen LogP contribution in [0.25, 0.3) is 0 Å². The Kier molecular flexibility index (Phi) is 4.55. The number of hydrogen-bond donors (Lipinski definition) is 0. The molecule has 0 unspecified atom stereocenters. The van der Waals surface area contributed by atoms with Crippen LogP contribution in [0.1, 0.15) is 19.4 Å². The molecular formula is C12H12F3N3O2. The van der Waals surface area contributed by atoms with Gasteiger partial charge in [-0.2, -0.15) is 18.4 Å². The summed E-state index contributed by atoms with van der Waals surface area (Å²) in [5.74, 6) is 0. The molecule has 8 heteroatoms. The molecule has 0 aromatic heterocycles. The highest BCUT2D eigenvalue weighted by molar-refractivity contribution is 5.60. The number of halogens is 3. The van der Waals surface area contributed by atoms with Crippen molar-refractivity contribution in [2.45, 2.75) is 26.1 Å². The fraction of sp³-hybridized carbons (Fsp3) is 0.417. The summed E-state index contributed by atoms with van der Waals surface area (Å²) in [6.45, 7) is 1.95. The molecule has 0 spiro atoms. The van der Waals surface area contributed by atoms with Gasteiger partial charge in [0.25, 0.3) is 5.69 Å². The lowest BCUT2D eigenvalue weighted by molar-refractivity contribution is -0.385. The number of nitriles is 1. The van der Waals surface area contributed by atoms with E-state index < -0.39 is 29.4 Å². The zero-order valence-electron chi connectivity index (χ0n) is 10.8. The second-order valence-corrected chi connectivity index (χ2v) is 4.41. The molecule has 1 aromatic rings. The van der Waals surface area contributed by atoms with Crippen molar-refractivity contribution in [1.82, 2.24) is 0 Å². The summed E-state index contributed by atoms with van der Waals surface area (Å²) in [7, 11) is 0. The molecule has 0 aliphatic heterocycles. The van der Waals surface area contributed by atoms with Crippen molar-refractivity contribution >= 4 is 11.4 Å². The molecular weight excluding hydrogens is 275 g/mol. The maximum Gasteiger partial charge on any atom is 0.405 e. The predicted octanol–water partition coefficient (Wildman–Crippen LogP) is 3.24. The van der Waals surface area contributed by atoms with Crippen LogP contribution in [0.5, 0.6) is 0 Å². The van der Waals surface area contributed by atoms with Gasteiger partial charge in [0.1, 0.15) is 18.2 Å². The monoisotopic (exact) mass is 287 g/mol. The van der Waals surface area contributed by atoms with Crippen molar-refractivity contribution in [3.8, 4) is 6.07 Å². The Morgan fingerprint density at radius 2 is 2.05 bits per heavy atom. The number of nitro benzene ring substituents is 1. The standard InChI is InChI=1S/C12H12F3N3O2/c1-8(2)17(7-12(13,14)15)10-3-4-11(18(19)20)9(5-10)6-16/h3-5,8H,7H2,1-2H3. The van der Waals surface area contributed by atoms with Crippen LogP contribution in [0.2, 0.25) is 0 Å². The lowest BCUT2D eigenvalue weighted by Crippen LogP contribution is -2.39. The predicted molar refractivity (Wildman–Crippen MR) is 66.3 cm³/mol. The highest BCUT2D eigenvalue weighted by atomic mass is 19.4. The second-order valence-electron chi connectivity index (χ2n) is 4.41. The molecule has 1 rings (SSSR count). The van der Waals surface area contributed by atoms with Crippen molar-refractivity contribution in [2.75, 3.05) is 11.4 Å². The third-order valence-electron chi connectivity index (χ3n) is 2.60. The van der Waals surface area contributed by atoms with Gasteiger partial charge in [-0.15, -0.1) is 0 Å². The maximum atomic E-state index is 12.5. The number of nitrogens with zero attached hydrogens (tertiary/aromatic N) is 3. The number of nitro groups is 1. The summed E-state index contributed by atoms with van der Waals surface area (Å²) in [4.78, 5) is 11.0. The molecule has 0 saturated carbocycles. The minimum absolute atomic E-state index is 0.125. The van der Waals surface area contributed by atoms with E-state index in [1.54, 1.807) is 19.9 Å². The summed E-state index contributed by atoms with van der Waals surface area (Å²) in [5.41, 5.74) is -0.563. The van der Waals surface area contributed by atoms with Gasteiger partial charge >= 0.3 is 6.18 Å². The van der Waals surface area contributed by atoms with Crippen molar-refractivity contribution in [1.29, 1.82) is 5.26 Å².